The summed E-state index contributed by atoms with van der Waals surface area (Å²) in [6.45, 7) is 0.0512. The van der Waals surface area contributed by atoms with Crippen molar-refractivity contribution in [3.63, 3.8) is 0 Å². The highest BCUT2D eigenvalue weighted by molar-refractivity contribution is 7.92. The number of nitrogens with zero attached hydrogens (tertiary/aromatic N) is 4. The number of nitrogens with one attached hydrogen (secondary N) is 1. The van der Waals surface area contributed by atoms with Crippen LogP contribution in [0.5, 0.6) is 11.5 Å². The van der Waals surface area contributed by atoms with E-state index in [1.165, 1.54) is 12.3 Å². The highest BCUT2D eigenvalue weighted by atomic mass is 32.2. The summed E-state index contributed by atoms with van der Waals surface area (Å²) in [5.74, 6) is -2.01. The number of fused-ring (bicyclic) bond motifs is 3. The summed E-state index contributed by atoms with van der Waals surface area (Å²) >= 11 is 0. The summed E-state index contributed by atoms with van der Waals surface area (Å²) in [5, 5.41) is 3.21. The molecule has 1 aromatic carbocycles. The van der Waals surface area contributed by atoms with E-state index in [1.54, 1.807) is 23.1 Å². The summed E-state index contributed by atoms with van der Waals surface area (Å²) in [6.07, 6.45) is -1.62. The number of hydrogen-bond acceptors (Lipinski definition) is 9. The van der Waals surface area contributed by atoms with Gasteiger partial charge in [0.2, 0.25) is 15.3 Å². The van der Waals surface area contributed by atoms with Crippen molar-refractivity contribution in [2.45, 2.75) is 42.6 Å². The third-order valence-electron chi connectivity index (χ3n) is 7.06. The van der Waals surface area contributed by atoms with Gasteiger partial charge in [-0.1, -0.05) is 0 Å². The van der Waals surface area contributed by atoms with Crippen LogP contribution in [0.25, 0.3) is 10.9 Å². The summed E-state index contributed by atoms with van der Waals surface area (Å²) < 4.78 is 101. The quantitative estimate of drug-likeness (QED) is 0.304. The average molecular weight is 636 g/mol. The minimum absolute atomic E-state index is 0.134. The zero-order valence-corrected chi connectivity index (χ0v) is 23.4. The average Bonchev–Trinajstić information content (AvgIpc) is 3.09. The topological polar surface area (TPSA) is 124 Å². The first kappa shape index (κ1) is 29.5. The number of pyridine rings is 3. The van der Waals surface area contributed by atoms with Gasteiger partial charge in [0.25, 0.3) is 5.91 Å². The molecule has 16 heteroatoms. The van der Waals surface area contributed by atoms with Crippen LogP contribution in [0.2, 0.25) is 0 Å². The number of amides is 1. The molecular formula is C28H22F5N5O5S. The Balaban J connectivity index is 1.22. The number of anilines is 2. The molecule has 2 aliphatic heterocycles. The standard InChI is InChI=1S/C28H22F5N5O5S/c29-20-9-17(10-22-25(20)42-7-5-23(30)44(22,40)41)27(39)36-13-18-11-21-16(12-34-18)3-4-24(37-21)38-6-1-2-15-8-19(14-35-26(15)38)43-28(31,32)33/h3-4,8-12,14,23H,1-2,5-7,13H2,(H,36,39)/t23-/m1/s1. The van der Waals surface area contributed by atoms with Crippen LogP contribution in [0.15, 0.2) is 53.7 Å². The molecule has 0 unspecified atom stereocenters. The molecule has 3 aromatic heterocycles. The predicted molar refractivity (Wildman–Crippen MR) is 146 cm³/mol. The Hall–Kier alpha value is -4.60. The molecule has 44 heavy (non-hydrogen) atoms. The normalized spacial score (nSPS) is 17.7. The molecule has 2 aliphatic rings. The number of carbonyl (C=O) groups excluding carboxylic acids is 1. The summed E-state index contributed by atoms with van der Waals surface area (Å²) in [4.78, 5) is 27.1. The predicted octanol–water partition coefficient (Wildman–Crippen LogP) is 4.93. The van der Waals surface area contributed by atoms with Crippen molar-refractivity contribution in [3.05, 3.63) is 71.4 Å². The van der Waals surface area contributed by atoms with Gasteiger partial charge >= 0.3 is 6.36 Å². The van der Waals surface area contributed by atoms with Crippen LogP contribution in [0.1, 0.15) is 34.5 Å². The van der Waals surface area contributed by atoms with Crippen LogP contribution in [-0.4, -0.2) is 54.3 Å². The maximum atomic E-state index is 14.7. The van der Waals surface area contributed by atoms with Gasteiger partial charge in [0.1, 0.15) is 22.3 Å². The van der Waals surface area contributed by atoms with Crippen molar-refractivity contribution in [1.29, 1.82) is 0 Å². The molecule has 0 spiro atoms. The van der Waals surface area contributed by atoms with E-state index in [0.717, 1.165) is 18.3 Å². The maximum Gasteiger partial charge on any atom is 0.573 e. The molecule has 5 heterocycles. The van der Waals surface area contributed by atoms with Crippen molar-refractivity contribution >= 4 is 38.3 Å². The minimum atomic E-state index is -4.83. The van der Waals surface area contributed by atoms with Gasteiger partial charge in [-0.2, -0.15) is 0 Å². The number of hydrogen-bond donors (Lipinski definition) is 1. The van der Waals surface area contributed by atoms with Crippen molar-refractivity contribution in [3.8, 4) is 11.5 Å². The Morgan fingerprint density at radius 3 is 2.75 bits per heavy atom. The fraction of sp³-hybridized carbons (Fsp3) is 0.286. The molecule has 1 atom stereocenters. The number of benzene rings is 1. The molecular weight excluding hydrogens is 613 g/mol. The lowest BCUT2D eigenvalue weighted by Gasteiger charge is -2.29. The number of ether oxygens (including phenoxy) is 2. The zero-order chi connectivity index (χ0) is 31.2. The number of halogens is 5. The highest BCUT2D eigenvalue weighted by Crippen LogP contribution is 2.36. The third-order valence-corrected chi connectivity index (χ3v) is 8.89. The molecule has 0 fully saturated rings. The molecule has 0 radical (unpaired) electrons. The van der Waals surface area contributed by atoms with Crippen molar-refractivity contribution in [1.82, 2.24) is 20.3 Å². The number of sulfone groups is 1. The van der Waals surface area contributed by atoms with Gasteiger partial charge in [-0.15, -0.1) is 13.2 Å². The van der Waals surface area contributed by atoms with E-state index in [0.29, 0.717) is 53.2 Å². The second-order valence-electron chi connectivity index (χ2n) is 10.1. The van der Waals surface area contributed by atoms with Crippen LogP contribution in [0.3, 0.4) is 0 Å². The lowest BCUT2D eigenvalue weighted by Crippen LogP contribution is -2.27. The largest absolute Gasteiger partial charge is 0.573 e. The van der Waals surface area contributed by atoms with Gasteiger partial charge in [0.15, 0.2) is 11.6 Å². The number of rotatable bonds is 5. The first-order chi connectivity index (χ1) is 20.9. The summed E-state index contributed by atoms with van der Waals surface area (Å²) in [6, 6.07) is 8.11. The third kappa shape index (κ3) is 5.80. The zero-order valence-electron chi connectivity index (χ0n) is 22.6. The maximum absolute atomic E-state index is 14.7. The van der Waals surface area contributed by atoms with Crippen LogP contribution in [0, 0.1) is 5.82 Å². The Kier molecular flexibility index (Phi) is 7.47. The second-order valence-corrected chi connectivity index (χ2v) is 12.1. The molecule has 0 saturated carbocycles. The molecule has 1 amide bonds. The monoisotopic (exact) mass is 635 g/mol. The molecule has 10 nitrogen and oxygen atoms in total. The Labute approximate surface area is 246 Å². The van der Waals surface area contributed by atoms with E-state index in [4.69, 9.17) is 4.74 Å². The number of aromatic nitrogens is 3. The first-order valence-corrected chi connectivity index (χ1v) is 14.8. The molecule has 0 aliphatic carbocycles. The highest BCUT2D eigenvalue weighted by Gasteiger charge is 2.36. The van der Waals surface area contributed by atoms with Crippen LogP contribution >= 0.6 is 0 Å². The number of carbonyl (C=O) groups is 1. The first-order valence-electron chi connectivity index (χ1n) is 13.3. The minimum Gasteiger partial charge on any atom is -0.489 e. The Bertz CT molecular complexity index is 1890. The number of alkyl halides is 4. The Morgan fingerprint density at radius 1 is 1.14 bits per heavy atom. The van der Waals surface area contributed by atoms with Crippen molar-refractivity contribution < 1.29 is 44.6 Å². The van der Waals surface area contributed by atoms with Gasteiger partial charge < -0.3 is 19.7 Å². The molecule has 4 aromatic rings. The fourth-order valence-corrected chi connectivity index (χ4v) is 6.41. The van der Waals surface area contributed by atoms with Gasteiger partial charge in [0, 0.05) is 30.1 Å². The van der Waals surface area contributed by atoms with Crippen molar-refractivity contribution in [2.24, 2.45) is 0 Å². The van der Waals surface area contributed by atoms with E-state index < -0.39 is 56.2 Å². The molecule has 0 saturated heterocycles. The summed E-state index contributed by atoms with van der Waals surface area (Å²) in [7, 11) is -4.56. The van der Waals surface area contributed by atoms with E-state index in [9.17, 15) is 35.2 Å². The van der Waals surface area contributed by atoms with E-state index in [2.05, 4.69) is 25.0 Å². The van der Waals surface area contributed by atoms with E-state index in [-0.39, 0.29) is 18.7 Å². The molecule has 1 N–H and O–H groups in total. The summed E-state index contributed by atoms with van der Waals surface area (Å²) in [5.41, 5.74) is -1.19. The Morgan fingerprint density at radius 2 is 1.95 bits per heavy atom. The lowest BCUT2D eigenvalue weighted by atomic mass is 10.1. The van der Waals surface area contributed by atoms with Crippen LogP contribution in [-0.2, 0) is 22.8 Å². The van der Waals surface area contributed by atoms with Crippen molar-refractivity contribution in [2.75, 3.05) is 18.1 Å². The molecule has 230 valence electrons. The fourth-order valence-electron chi connectivity index (χ4n) is 5.02. The van der Waals surface area contributed by atoms with Gasteiger partial charge in [-0.3, -0.25) is 9.78 Å². The van der Waals surface area contributed by atoms with E-state index >= 15 is 0 Å². The molecule has 0 bridgehead atoms. The van der Waals surface area contributed by atoms with Gasteiger partial charge in [-0.25, -0.2) is 27.2 Å². The molecule has 6 rings (SSSR count). The smallest absolute Gasteiger partial charge is 0.489 e. The van der Waals surface area contributed by atoms with Gasteiger partial charge in [0.05, 0.1) is 30.6 Å². The van der Waals surface area contributed by atoms with Gasteiger partial charge in [-0.05, 0) is 54.8 Å². The SMILES string of the molecule is O=C(NCc1cc2nc(N3CCCc4cc(OC(F)(F)F)cnc43)ccc2cn1)c1cc(F)c2c(c1)S(=O)(=O)[C@@H](F)CCO2. The van der Waals surface area contributed by atoms with E-state index in [1.807, 2.05) is 0 Å². The van der Waals surface area contributed by atoms with Crippen LogP contribution < -0.4 is 19.7 Å². The van der Waals surface area contributed by atoms with Crippen LogP contribution in [0.4, 0.5) is 33.6 Å². The number of aryl methyl sites for hydroxylation is 1. The lowest BCUT2D eigenvalue weighted by molar-refractivity contribution is -0.274. The second kappa shape index (κ2) is 11.2.